The minimum Gasteiger partial charge on any atom is -0.455 e. The van der Waals surface area contributed by atoms with Crippen LogP contribution in [0.15, 0.2) is 54.6 Å². The third kappa shape index (κ3) is 5.74. The molecular formula is C33H43N3O7. The van der Waals surface area contributed by atoms with Gasteiger partial charge in [-0.2, -0.15) is 0 Å². The van der Waals surface area contributed by atoms with Gasteiger partial charge in [0.25, 0.3) is 0 Å². The highest BCUT2D eigenvalue weighted by Crippen LogP contribution is 2.56. The highest BCUT2D eigenvalue weighted by atomic mass is 16.6. The molecule has 2 saturated heterocycles. The van der Waals surface area contributed by atoms with Crippen molar-refractivity contribution in [3.63, 3.8) is 0 Å². The number of hydrogen-bond acceptors (Lipinski definition) is 7. The number of hydrogen-bond donors (Lipinski definition) is 2. The average molecular weight is 594 g/mol. The molecule has 0 aliphatic carbocycles. The van der Waals surface area contributed by atoms with Crippen LogP contribution in [-0.2, 0) is 28.7 Å². The fraction of sp³-hybridized carbons (Fsp3) is 0.576. The number of aliphatic hydroxyl groups is 1. The van der Waals surface area contributed by atoms with Crippen LogP contribution >= 0.6 is 0 Å². The van der Waals surface area contributed by atoms with E-state index in [0.717, 1.165) is 19.3 Å². The summed E-state index contributed by atoms with van der Waals surface area (Å²) in [7, 11) is 0. The summed E-state index contributed by atoms with van der Waals surface area (Å²) in [6.07, 6.45) is 9.17. The van der Waals surface area contributed by atoms with Crippen molar-refractivity contribution in [2.45, 2.75) is 88.8 Å². The van der Waals surface area contributed by atoms with E-state index in [2.05, 4.69) is 12.2 Å². The molecule has 0 aromatic heterocycles. The molecule has 43 heavy (non-hydrogen) atoms. The number of cyclic esters (lactones) is 1. The summed E-state index contributed by atoms with van der Waals surface area (Å²) < 4.78 is 12.6. The number of rotatable bonds is 7. The molecule has 1 spiro atoms. The lowest BCUT2D eigenvalue weighted by atomic mass is 9.74. The predicted octanol–water partition coefficient (Wildman–Crippen LogP) is 2.68. The lowest BCUT2D eigenvalue weighted by molar-refractivity contribution is -0.161. The number of nitrogens with zero attached hydrogens (tertiary/aromatic N) is 2. The number of esters is 1. The van der Waals surface area contributed by atoms with E-state index >= 15 is 0 Å². The van der Waals surface area contributed by atoms with Crippen molar-refractivity contribution in [2.75, 3.05) is 19.7 Å². The number of likely N-dealkylation sites (tertiary alicyclic amines) is 1. The van der Waals surface area contributed by atoms with E-state index in [1.165, 1.54) is 4.90 Å². The van der Waals surface area contributed by atoms with Crippen LogP contribution in [0, 0.1) is 11.8 Å². The van der Waals surface area contributed by atoms with Gasteiger partial charge in [0, 0.05) is 19.5 Å². The van der Waals surface area contributed by atoms with Gasteiger partial charge in [0.1, 0.15) is 23.7 Å². The number of fused-ring (bicyclic) bond motifs is 2. The summed E-state index contributed by atoms with van der Waals surface area (Å²) in [4.78, 5) is 58.7. The maximum absolute atomic E-state index is 14.4. The first-order valence-electron chi connectivity index (χ1n) is 15.5. The van der Waals surface area contributed by atoms with E-state index in [-0.39, 0.29) is 24.8 Å². The highest BCUT2D eigenvalue weighted by Gasteiger charge is 2.74. The Morgan fingerprint density at radius 2 is 1.86 bits per heavy atom. The predicted molar refractivity (Wildman–Crippen MR) is 158 cm³/mol. The summed E-state index contributed by atoms with van der Waals surface area (Å²) in [6.45, 7) is 6.03. The Balaban J connectivity index is 1.57. The zero-order chi connectivity index (χ0) is 30.7. The Bertz CT molecular complexity index is 1270. The number of aliphatic hydroxyl groups excluding tert-OH is 1. The van der Waals surface area contributed by atoms with Crippen molar-refractivity contribution in [3.05, 3.63) is 60.2 Å². The van der Waals surface area contributed by atoms with E-state index in [1.807, 2.05) is 42.5 Å². The van der Waals surface area contributed by atoms with Crippen molar-refractivity contribution in [1.82, 2.24) is 15.1 Å². The van der Waals surface area contributed by atoms with Crippen molar-refractivity contribution in [3.8, 4) is 0 Å². The van der Waals surface area contributed by atoms with E-state index < -0.39 is 59.6 Å². The van der Waals surface area contributed by atoms with E-state index in [1.54, 1.807) is 30.9 Å². The minimum atomic E-state index is -1.35. The molecule has 5 bridgehead atoms. The van der Waals surface area contributed by atoms with Gasteiger partial charge in [-0.25, -0.2) is 0 Å². The average Bonchev–Trinajstić information content (AvgIpc) is 3.65. The summed E-state index contributed by atoms with van der Waals surface area (Å²) in [5.74, 6) is -3.46. The van der Waals surface area contributed by atoms with Crippen molar-refractivity contribution < 1.29 is 33.8 Å². The summed E-state index contributed by atoms with van der Waals surface area (Å²) in [5.41, 5.74) is -0.644. The van der Waals surface area contributed by atoms with Gasteiger partial charge in [-0.15, -0.1) is 0 Å². The number of carbonyl (C=O) groups is 4. The topological polar surface area (TPSA) is 125 Å². The van der Waals surface area contributed by atoms with Gasteiger partial charge in [0.2, 0.25) is 17.7 Å². The summed E-state index contributed by atoms with van der Waals surface area (Å²) in [5, 5.41) is 13.1. The Kier molecular flexibility index (Phi) is 9.36. The molecule has 4 aliphatic rings. The van der Waals surface area contributed by atoms with Crippen LogP contribution in [0.2, 0.25) is 0 Å². The molecule has 10 nitrogen and oxygen atoms in total. The first-order valence-corrected chi connectivity index (χ1v) is 15.5. The Morgan fingerprint density at radius 1 is 1.09 bits per heavy atom. The van der Waals surface area contributed by atoms with Gasteiger partial charge in [-0.05, 0) is 32.3 Å². The van der Waals surface area contributed by atoms with E-state index in [9.17, 15) is 24.3 Å². The molecule has 1 aromatic rings. The quantitative estimate of drug-likeness (QED) is 0.283. The molecule has 8 atom stereocenters. The van der Waals surface area contributed by atoms with Gasteiger partial charge in [0.15, 0.2) is 0 Å². The van der Waals surface area contributed by atoms with Crippen LogP contribution in [0.5, 0.6) is 0 Å². The molecule has 2 N–H and O–H groups in total. The van der Waals surface area contributed by atoms with Gasteiger partial charge < -0.3 is 29.7 Å². The molecule has 4 aliphatic heterocycles. The molecular weight excluding hydrogens is 550 g/mol. The first kappa shape index (κ1) is 30.9. The van der Waals surface area contributed by atoms with Crippen LogP contribution in [0.1, 0.15) is 64.5 Å². The Morgan fingerprint density at radius 3 is 2.58 bits per heavy atom. The number of benzene rings is 1. The summed E-state index contributed by atoms with van der Waals surface area (Å²) in [6, 6.07) is 6.94. The third-order valence-electron chi connectivity index (χ3n) is 9.14. The normalized spacial score (nSPS) is 34.2. The van der Waals surface area contributed by atoms with Gasteiger partial charge in [-0.3, -0.25) is 19.2 Å². The maximum atomic E-state index is 14.4. The largest absolute Gasteiger partial charge is 0.455 e. The van der Waals surface area contributed by atoms with Crippen LogP contribution in [0.25, 0.3) is 0 Å². The number of amides is 3. The number of allylic oxidation sites excluding steroid dienone is 1. The molecule has 1 aromatic carbocycles. The van der Waals surface area contributed by atoms with Crippen molar-refractivity contribution in [1.29, 1.82) is 0 Å². The summed E-state index contributed by atoms with van der Waals surface area (Å²) >= 11 is 0. The zero-order valence-corrected chi connectivity index (χ0v) is 25.2. The monoisotopic (exact) mass is 593 g/mol. The highest BCUT2D eigenvalue weighted by molar-refractivity contribution is 5.99. The van der Waals surface area contributed by atoms with Crippen molar-refractivity contribution in [2.24, 2.45) is 11.8 Å². The van der Waals surface area contributed by atoms with Crippen LogP contribution < -0.4 is 5.32 Å². The second kappa shape index (κ2) is 13.0. The fourth-order valence-corrected chi connectivity index (χ4v) is 6.98. The number of nitrogens with one attached hydrogen (secondary N) is 1. The van der Waals surface area contributed by atoms with Gasteiger partial charge in [-0.1, -0.05) is 74.4 Å². The molecule has 4 heterocycles. The fourth-order valence-electron chi connectivity index (χ4n) is 6.98. The first-order chi connectivity index (χ1) is 20.7. The molecule has 10 heteroatoms. The Labute approximate surface area is 253 Å². The molecule has 3 amide bonds. The minimum absolute atomic E-state index is 0.178. The van der Waals surface area contributed by atoms with Crippen molar-refractivity contribution >= 4 is 23.7 Å². The molecule has 0 unspecified atom stereocenters. The van der Waals surface area contributed by atoms with Crippen LogP contribution in [0.4, 0.5) is 0 Å². The zero-order valence-electron chi connectivity index (χ0n) is 25.2. The van der Waals surface area contributed by atoms with Crippen LogP contribution in [0.3, 0.4) is 0 Å². The smallest absolute Gasteiger partial charge is 0.313 e. The van der Waals surface area contributed by atoms with Gasteiger partial charge >= 0.3 is 5.97 Å². The number of carbonyl (C=O) groups excluding carboxylic acids is 4. The molecule has 0 saturated carbocycles. The number of unbranched alkanes of at least 4 members (excludes halogenated alkanes) is 2. The number of ether oxygens (including phenoxy) is 2. The molecule has 232 valence electrons. The molecule has 5 rings (SSSR count). The standard InChI is InChI=1S/C33H43N3O7/c1-4-5-11-18-35-19-12-7-10-15-25(38)34-22(3)28(23-13-8-6-9-14-23)42-32(41)26-24-16-17-33(43-24)27(26)30(39)36(21(2)20-37)29(33)31(35)40/h6-9,12-14,16-17,21-22,24,26-29,37H,4-5,10-11,15,18-20H2,1-3H3,(H,34,38)/b12-7-/t21-,22-,24+,26-,27-,28+,29+,33-/m1/s1. The third-order valence-corrected chi connectivity index (χ3v) is 9.14. The van der Waals surface area contributed by atoms with E-state index in [0.29, 0.717) is 25.1 Å². The maximum Gasteiger partial charge on any atom is 0.313 e. The second-order valence-corrected chi connectivity index (χ2v) is 12.1. The molecule has 0 radical (unpaired) electrons. The second-order valence-electron chi connectivity index (χ2n) is 12.1. The lowest BCUT2D eigenvalue weighted by Gasteiger charge is -2.37. The lowest BCUT2D eigenvalue weighted by Crippen LogP contribution is -2.58. The Hall–Kier alpha value is -3.50. The SMILES string of the molecule is CCCCCN1C/C=C\CCC(=O)N[C@H](C)[C@@H](c2ccccc2)OC(=O)[C@@H]2[C@@H]3C=C[C@]4(O3)[C@H](C1=O)N([C@H](C)CO)C(=O)[C@@H]24. The van der Waals surface area contributed by atoms with E-state index in [4.69, 9.17) is 9.47 Å². The van der Waals surface area contributed by atoms with Gasteiger partial charge in [0.05, 0.1) is 30.7 Å². The van der Waals surface area contributed by atoms with Crippen LogP contribution in [-0.4, -0.2) is 88.1 Å². The molecule has 2 fully saturated rings.